The Balaban J connectivity index is 1.67. The van der Waals surface area contributed by atoms with Crippen LogP contribution in [0.3, 0.4) is 0 Å². The van der Waals surface area contributed by atoms with Crippen molar-refractivity contribution in [3.05, 3.63) is 94.8 Å². The molecule has 0 saturated heterocycles. The highest BCUT2D eigenvalue weighted by Crippen LogP contribution is 2.23. The molecule has 3 aromatic rings. The van der Waals surface area contributed by atoms with Crippen LogP contribution in [0, 0.1) is 5.82 Å². The van der Waals surface area contributed by atoms with E-state index in [1.165, 1.54) is 18.2 Å². The SMILES string of the molecule is O=C(Nc1ccc(F)c(Cl)c1)c1ccccc1OCCc1ccccc1. The molecule has 3 aromatic carbocycles. The van der Waals surface area contributed by atoms with E-state index in [0.717, 1.165) is 12.0 Å². The van der Waals surface area contributed by atoms with Gasteiger partial charge in [0.05, 0.1) is 17.2 Å². The molecule has 3 rings (SSSR count). The van der Waals surface area contributed by atoms with Crippen molar-refractivity contribution < 1.29 is 13.9 Å². The standard InChI is InChI=1S/C21H17ClFNO2/c22-18-14-16(10-11-19(18)23)24-21(25)17-8-4-5-9-20(17)26-13-12-15-6-2-1-3-7-15/h1-11,14H,12-13H2,(H,24,25). The molecule has 0 unspecified atom stereocenters. The maximum absolute atomic E-state index is 13.2. The number of carbonyl (C=O) groups excluding carboxylic acids is 1. The number of nitrogens with one attached hydrogen (secondary N) is 1. The number of hydrogen-bond acceptors (Lipinski definition) is 2. The fraction of sp³-hybridized carbons (Fsp3) is 0.0952. The Morgan fingerprint density at radius 3 is 2.50 bits per heavy atom. The molecule has 0 fully saturated rings. The quantitative estimate of drug-likeness (QED) is 0.635. The number of rotatable bonds is 6. The molecule has 1 N–H and O–H groups in total. The van der Waals surface area contributed by atoms with E-state index in [-0.39, 0.29) is 10.9 Å². The van der Waals surface area contributed by atoms with Gasteiger partial charge in [-0.15, -0.1) is 0 Å². The summed E-state index contributed by atoms with van der Waals surface area (Å²) in [5.74, 6) is -0.383. The van der Waals surface area contributed by atoms with Gasteiger partial charge in [0.2, 0.25) is 0 Å². The van der Waals surface area contributed by atoms with Crippen molar-refractivity contribution in [1.29, 1.82) is 0 Å². The summed E-state index contributed by atoms with van der Waals surface area (Å²) in [6, 6.07) is 21.0. The largest absolute Gasteiger partial charge is 0.492 e. The minimum absolute atomic E-state index is 0.0461. The van der Waals surface area contributed by atoms with Crippen molar-refractivity contribution in [2.45, 2.75) is 6.42 Å². The van der Waals surface area contributed by atoms with Gasteiger partial charge in [-0.1, -0.05) is 54.1 Å². The van der Waals surface area contributed by atoms with E-state index in [1.54, 1.807) is 18.2 Å². The monoisotopic (exact) mass is 369 g/mol. The summed E-state index contributed by atoms with van der Waals surface area (Å²) in [6.07, 6.45) is 0.740. The van der Waals surface area contributed by atoms with E-state index in [2.05, 4.69) is 5.32 Å². The molecule has 0 saturated carbocycles. The molecule has 0 atom stereocenters. The normalized spacial score (nSPS) is 10.4. The van der Waals surface area contributed by atoms with Gasteiger partial charge < -0.3 is 10.1 Å². The molecule has 26 heavy (non-hydrogen) atoms. The lowest BCUT2D eigenvalue weighted by atomic mass is 10.1. The summed E-state index contributed by atoms with van der Waals surface area (Å²) in [5, 5.41) is 2.66. The lowest BCUT2D eigenvalue weighted by Gasteiger charge is -2.12. The Labute approximate surface area is 156 Å². The number of para-hydroxylation sites is 1. The van der Waals surface area contributed by atoms with E-state index >= 15 is 0 Å². The van der Waals surface area contributed by atoms with Crippen LogP contribution in [-0.2, 0) is 6.42 Å². The molecule has 132 valence electrons. The van der Waals surface area contributed by atoms with Gasteiger partial charge in [0.1, 0.15) is 11.6 Å². The van der Waals surface area contributed by atoms with Crippen molar-refractivity contribution in [1.82, 2.24) is 0 Å². The fourth-order valence-electron chi connectivity index (χ4n) is 2.48. The molecule has 0 aliphatic rings. The number of hydrogen-bond donors (Lipinski definition) is 1. The van der Waals surface area contributed by atoms with Crippen LogP contribution in [0.15, 0.2) is 72.8 Å². The molecule has 0 radical (unpaired) electrons. The summed E-state index contributed by atoms with van der Waals surface area (Å²) in [5.41, 5.74) is 1.98. The molecule has 0 bridgehead atoms. The molecule has 0 spiro atoms. The summed E-state index contributed by atoms with van der Waals surface area (Å²) in [6.45, 7) is 0.455. The van der Waals surface area contributed by atoms with Gasteiger partial charge >= 0.3 is 0 Å². The van der Waals surface area contributed by atoms with E-state index in [0.29, 0.717) is 23.6 Å². The molecule has 0 aliphatic carbocycles. The van der Waals surface area contributed by atoms with Crippen LogP contribution in [0.1, 0.15) is 15.9 Å². The molecular formula is C21H17ClFNO2. The van der Waals surface area contributed by atoms with Gasteiger partial charge in [0, 0.05) is 12.1 Å². The summed E-state index contributed by atoms with van der Waals surface area (Å²) in [4.78, 5) is 12.5. The third-order valence-electron chi connectivity index (χ3n) is 3.80. The predicted octanol–water partition coefficient (Wildman–Crippen LogP) is 5.35. The van der Waals surface area contributed by atoms with Crippen molar-refractivity contribution >= 4 is 23.2 Å². The third-order valence-corrected chi connectivity index (χ3v) is 4.09. The van der Waals surface area contributed by atoms with Crippen LogP contribution in [-0.4, -0.2) is 12.5 Å². The second kappa shape index (κ2) is 8.50. The Morgan fingerprint density at radius 2 is 1.73 bits per heavy atom. The Kier molecular flexibility index (Phi) is 5.87. The highest BCUT2D eigenvalue weighted by Gasteiger charge is 2.13. The van der Waals surface area contributed by atoms with Gasteiger partial charge in [0.25, 0.3) is 5.91 Å². The predicted molar refractivity (Wildman–Crippen MR) is 101 cm³/mol. The minimum Gasteiger partial charge on any atom is -0.492 e. The first-order chi connectivity index (χ1) is 12.6. The van der Waals surface area contributed by atoms with Crippen molar-refractivity contribution in [3.63, 3.8) is 0 Å². The maximum Gasteiger partial charge on any atom is 0.259 e. The summed E-state index contributed by atoms with van der Waals surface area (Å²) in [7, 11) is 0. The highest BCUT2D eigenvalue weighted by atomic mass is 35.5. The average molecular weight is 370 g/mol. The average Bonchev–Trinajstić information content (AvgIpc) is 2.66. The maximum atomic E-state index is 13.2. The molecule has 5 heteroatoms. The van der Waals surface area contributed by atoms with Gasteiger partial charge in [-0.2, -0.15) is 0 Å². The number of benzene rings is 3. The molecule has 0 aliphatic heterocycles. The van der Waals surface area contributed by atoms with Gasteiger partial charge in [-0.25, -0.2) is 4.39 Å². The van der Waals surface area contributed by atoms with E-state index in [9.17, 15) is 9.18 Å². The van der Waals surface area contributed by atoms with Crippen LogP contribution in [0.4, 0.5) is 10.1 Å². The van der Waals surface area contributed by atoms with Crippen LogP contribution >= 0.6 is 11.6 Å². The molecule has 0 heterocycles. The number of ether oxygens (including phenoxy) is 1. The number of carbonyl (C=O) groups is 1. The van der Waals surface area contributed by atoms with Crippen LogP contribution in [0.2, 0.25) is 5.02 Å². The smallest absolute Gasteiger partial charge is 0.259 e. The van der Waals surface area contributed by atoms with Crippen LogP contribution in [0.5, 0.6) is 5.75 Å². The summed E-state index contributed by atoms with van der Waals surface area (Å²) >= 11 is 5.75. The molecule has 3 nitrogen and oxygen atoms in total. The highest BCUT2D eigenvalue weighted by molar-refractivity contribution is 6.31. The Morgan fingerprint density at radius 1 is 1.00 bits per heavy atom. The molecule has 1 amide bonds. The summed E-state index contributed by atoms with van der Waals surface area (Å²) < 4.78 is 19.0. The van der Waals surface area contributed by atoms with E-state index in [1.807, 2.05) is 36.4 Å². The zero-order valence-electron chi connectivity index (χ0n) is 13.9. The lowest BCUT2D eigenvalue weighted by molar-refractivity contribution is 0.102. The van der Waals surface area contributed by atoms with Gasteiger partial charge in [-0.05, 0) is 35.9 Å². The first kappa shape index (κ1) is 18.0. The first-order valence-electron chi connectivity index (χ1n) is 8.15. The topological polar surface area (TPSA) is 38.3 Å². The van der Waals surface area contributed by atoms with Crippen molar-refractivity contribution in [3.8, 4) is 5.75 Å². The van der Waals surface area contributed by atoms with E-state index in [4.69, 9.17) is 16.3 Å². The second-order valence-corrected chi connectivity index (χ2v) is 6.07. The fourth-order valence-corrected chi connectivity index (χ4v) is 2.66. The van der Waals surface area contributed by atoms with Crippen LogP contribution in [0.25, 0.3) is 0 Å². The second-order valence-electron chi connectivity index (χ2n) is 5.66. The Hall–Kier alpha value is -2.85. The van der Waals surface area contributed by atoms with E-state index < -0.39 is 5.82 Å². The Bertz CT molecular complexity index is 900. The zero-order chi connectivity index (χ0) is 18.4. The van der Waals surface area contributed by atoms with Gasteiger partial charge in [0.15, 0.2) is 0 Å². The number of halogens is 2. The first-order valence-corrected chi connectivity index (χ1v) is 8.53. The molecule has 0 aromatic heterocycles. The number of anilines is 1. The van der Waals surface area contributed by atoms with Crippen molar-refractivity contribution in [2.24, 2.45) is 0 Å². The van der Waals surface area contributed by atoms with Crippen LogP contribution < -0.4 is 10.1 Å². The van der Waals surface area contributed by atoms with Crippen molar-refractivity contribution in [2.75, 3.05) is 11.9 Å². The molecular weight excluding hydrogens is 353 g/mol. The minimum atomic E-state index is -0.533. The number of amides is 1. The zero-order valence-corrected chi connectivity index (χ0v) is 14.7. The van der Waals surface area contributed by atoms with Gasteiger partial charge in [-0.3, -0.25) is 4.79 Å². The third kappa shape index (κ3) is 4.61. The lowest BCUT2D eigenvalue weighted by Crippen LogP contribution is -2.14.